The maximum Gasteiger partial charge on any atom is 0.275 e. The minimum Gasteiger partial charge on any atom is -0.497 e. The molecule has 1 unspecified atom stereocenters. The molecule has 0 spiro atoms. The molecular formula is C11H16N2O4. The number of hydrogen-bond donors (Lipinski definition) is 1. The van der Waals surface area contributed by atoms with E-state index in [1.165, 1.54) is 26.4 Å². The Morgan fingerprint density at radius 2 is 2.12 bits per heavy atom. The maximum atomic E-state index is 11.0. The molecule has 0 amide bonds. The van der Waals surface area contributed by atoms with E-state index in [0.717, 1.165) is 0 Å². The van der Waals surface area contributed by atoms with Crippen molar-refractivity contribution in [1.82, 2.24) is 0 Å². The third kappa shape index (κ3) is 2.54. The van der Waals surface area contributed by atoms with Gasteiger partial charge in [-0.1, -0.05) is 0 Å². The summed E-state index contributed by atoms with van der Waals surface area (Å²) in [6, 6.07) is 4.50. The molecule has 6 heteroatoms. The Morgan fingerprint density at radius 3 is 2.53 bits per heavy atom. The summed E-state index contributed by atoms with van der Waals surface area (Å²) in [5, 5.41) is 11.0. The average Bonchev–Trinajstić information content (AvgIpc) is 2.36. The molecule has 0 saturated carbocycles. The van der Waals surface area contributed by atoms with Crippen molar-refractivity contribution >= 4 is 5.69 Å². The van der Waals surface area contributed by atoms with Crippen LogP contribution in [0.15, 0.2) is 18.2 Å². The van der Waals surface area contributed by atoms with Gasteiger partial charge >= 0.3 is 0 Å². The van der Waals surface area contributed by atoms with Gasteiger partial charge in [-0.2, -0.15) is 0 Å². The Balaban J connectivity index is 3.40. The zero-order chi connectivity index (χ0) is 13.1. The van der Waals surface area contributed by atoms with Gasteiger partial charge in [0.1, 0.15) is 11.4 Å². The number of methoxy groups -OCH3 is 2. The molecular weight excluding hydrogens is 224 g/mol. The van der Waals surface area contributed by atoms with Gasteiger partial charge in [-0.15, -0.1) is 0 Å². The first-order valence-electron chi connectivity index (χ1n) is 5.06. The second-order valence-corrected chi connectivity index (χ2v) is 3.78. The lowest BCUT2D eigenvalue weighted by molar-refractivity contribution is -0.386. The van der Waals surface area contributed by atoms with Crippen LogP contribution in [0.4, 0.5) is 5.69 Å². The molecule has 0 aliphatic carbocycles. The summed E-state index contributed by atoms with van der Waals surface area (Å²) in [6.45, 7) is 1.84. The lowest BCUT2D eigenvalue weighted by atomic mass is 9.94. The molecule has 1 rings (SSSR count). The van der Waals surface area contributed by atoms with E-state index in [1.807, 2.05) is 0 Å². The fourth-order valence-corrected chi connectivity index (χ4v) is 1.53. The minimum atomic E-state index is -0.906. The van der Waals surface area contributed by atoms with Gasteiger partial charge in [-0.25, -0.2) is 0 Å². The molecule has 0 fully saturated rings. The van der Waals surface area contributed by atoms with Crippen molar-refractivity contribution in [2.75, 3.05) is 20.8 Å². The number of benzene rings is 1. The van der Waals surface area contributed by atoms with Gasteiger partial charge in [0, 0.05) is 19.7 Å². The van der Waals surface area contributed by atoms with E-state index in [4.69, 9.17) is 15.2 Å². The maximum absolute atomic E-state index is 11.0. The van der Waals surface area contributed by atoms with Gasteiger partial charge in [0.05, 0.1) is 17.6 Å². The van der Waals surface area contributed by atoms with Crippen LogP contribution in [0.2, 0.25) is 0 Å². The van der Waals surface area contributed by atoms with Crippen molar-refractivity contribution < 1.29 is 14.4 Å². The number of rotatable bonds is 5. The van der Waals surface area contributed by atoms with Crippen molar-refractivity contribution in [3.8, 4) is 5.75 Å². The van der Waals surface area contributed by atoms with Crippen LogP contribution >= 0.6 is 0 Å². The summed E-state index contributed by atoms with van der Waals surface area (Å²) in [5.41, 5.74) is 5.10. The Labute approximate surface area is 99.5 Å². The number of nitro benzene ring substituents is 1. The minimum absolute atomic E-state index is 0.0272. The first-order chi connectivity index (χ1) is 7.98. The fraction of sp³-hybridized carbons (Fsp3) is 0.455. The van der Waals surface area contributed by atoms with E-state index >= 15 is 0 Å². The summed E-state index contributed by atoms with van der Waals surface area (Å²) in [4.78, 5) is 10.5. The van der Waals surface area contributed by atoms with E-state index in [-0.39, 0.29) is 12.2 Å². The highest BCUT2D eigenvalue weighted by molar-refractivity contribution is 5.48. The van der Waals surface area contributed by atoms with Crippen LogP contribution in [0.3, 0.4) is 0 Å². The molecule has 1 aromatic carbocycles. The van der Waals surface area contributed by atoms with Crippen LogP contribution in [0.5, 0.6) is 5.75 Å². The van der Waals surface area contributed by atoms with Gasteiger partial charge in [0.25, 0.3) is 5.69 Å². The molecule has 0 bridgehead atoms. The molecule has 0 radical (unpaired) electrons. The van der Waals surface area contributed by atoms with Crippen LogP contribution in [-0.2, 0) is 10.3 Å². The van der Waals surface area contributed by atoms with E-state index in [0.29, 0.717) is 11.3 Å². The van der Waals surface area contributed by atoms with Crippen molar-refractivity contribution in [2.24, 2.45) is 5.73 Å². The lowest BCUT2D eigenvalue weighted by Crippen LogP contribution is -2.34. The molecule has 0 aliphatic rings. The second-order valence-electron chi connectivity index (χ2n) is 3.78. The molecule has 0 aromatic heterocycles. The van der Waals surface area contributed by atoms with E-state index < -0.39 is 10.5 Å². The molecule has 0 aliphatic heterocycles. The normalized spacial score (nSPS) is 14.1. The molecule has 1 atom stereocenters. The Hall–Kier alpha value is -1.66. The molecule has 0 heterocycles. The summed E-state index contributed by atoms with van der Waals surface area (Å²) in [5.74, 6) is 0.530. The third-order valence-electron chi connectivity index (χ3n) is 2.81. The average molecular weight is 240 g/mol. The predicted octanol–water partition coefficient (Wildman–Crippen LogP) is 1.42. The van der Waals surface area contributed by atoms with Crippen LogP contribution in [0.1, 0.15) is 12.5 Å². The molecule has 0 saturated heterocycles. The Kier molecular flexibility index (Phi) is 4.03. The van der Waals surface area contributed by atoms with Crippen LogP contribution in [-0.4, -0.2) is 25.7 Å². The van der Waals surface area contributed by atoms with Gasteiger partial charge in [-0.05, 0) is 19.1 Å². The van der Waals surface area contributed by atoms with E-state index in [9.17, 15) is 10.1 Å². The molecule has 6 nitrogen and oxygen atoms in total. The third-order valence-corrected chi connectivity index (χ3v) is 2.81. The van der Waals surface area contributed by atoms with Crippen molar-refractivity contribution in [3.63, 3.8) is 0 Å². The highest BCUT2D eigenvalue weighted by Gasteiger charge is 2.32. The van der Waals surface area contributed by atoms with Crippen LogP contribution in [0.25, 0.3) is 0 Å². The van der Waals surface area contributed by atoms with Crippen LogP contribution < -0.4 is 10.5 Å². The molecule has 94 valence electrons. The highest BCUT2D eigenvalue weighted by atomic mass is 16.6. The highest BCUT2D eigenvalue weighted by Crippen LogP contribution is 2.34. The van der Waals surface area contributed by atoms with Crippen molar-refractivity contribution in [1.29, 1.82) is 0 Å². The smallest absolute Gasteiger partial charge is 0.275 e. The molecule has 17 heavy (non-hydrogen) atoms. The van der Waals surface area contributed by atoms with E-state index in [2.05, 4.69) is 0 Å². The monoisotopic (exact) mass is 240 g/mol. The van der Waals surface area contributed by atoms with Gasteiger partial charge in [0.2, 0.25) is 0 Å². The number of nitro groups is 1. The van der Waals surface area contributed by atoms with Crippen LogP contribution in [0, 0.1) is 10.1 Å². The summed E-state index contributed by atoms with van der Waals surface area (Å²) in [6.07, 6.45) is 0. The van der Waals surface area contributed by atoms with Crippen molar-refractivity contribution in [2.45, 2.75) is 12.5 Å². The quantitative estimate of drug-likeness (QED) is 0.621. The van der Waals surface area contributed by atoms with Crippen molar-refractivity contribution in [3.05, 3.63) is 33.9 Å². The molecule has 2 N–H and O–H groups in total. The lowest BCUT2D eigenvalue weighted by Gasteiger charge is -2.26. The Bertz CT molecular complexity index is 416. The standard InChI is InChI=1S/C11H16N2O4/c1-11(7-12,17-3)9-6-8(16-2)4-5-10(9)13(14)15/h4-6H,7,12H2,1-3H3. The fourth-order valence-electron chi connectivity index (χ4n) is 1.53. The zero-order valence-corrected chi connectivity index (χ0v) is 10.1. The first-order valence-corrected chi connectivity index (χ1v) is 5.06. The second kappa shape index (κ2) is 5.11. The largest absolute Gasteiger partial charge is 0.497 e. The number of nitrogens with two attached hydrogens (primary N) is 1. The summed E-state index contributed by atoms with van der Waals surface area (Å²) in [7, 11) is 2.97. The SMILES string of the molecule is COc1ccc([N+](=O)[O-])c(C(C)(CN)OC)c1. The van der Waals surface area contributed by atoms with Gasteiger partial charge < -0.3 is 15.2 Å². The number of ether oxygens (including phenoxy) is 2. The Morgan fingerprint density at radius 1 is 1.47 bits per heavy atom. The van der Waals surface area contributed by atoms with E-state index in [1.54, 1.807) is 13.0 Å². The summed E-state index contributed by atoms with van der Waals surface area (Å²) < 4.78 is 10.3. The van der Waals surface area contributed by atoms with Gasteiger partial charge in [-0.3, -0.25) is 10.1 Å². The zero-order valence-electron chi connectivity index (χ0n) is 10.1. The topological polar surface area (TPSA) is 87.6 Å². The number of hydrogen-bond acceptors (Lipinski definition) is 5. The van der Waals surface area contributed by atoms with Gasteiger partial charge in [0.15, 0.2) is 0 Å². The molecule has 1 aromatic rings. The summed E-state index contributed by atoms with van der Waals surface area (Å²) >= 11 is 0. The first kappa shape index (κ1) is 13.4. The number of nitrogens with zero attached hydrogens (tertiary/aromatic N) is 1. The predicted molar refractivity (Wildman–Crippen MR) is 63.1 cm³/mol.